The molecule has 0 N–H and O–H groups in total. The fourth-order valence-electron chi connectivity index (χ4n) is 4.67. The third-order valence-corrected chi connectivity index (χ3v) is 6.59. The minimum Gasteiger partial charge on any atom is -0.377 e. The number of Topliss-reactive ketones (excluding diaryl/α,β-unsaturated/α-hetero) is 1. The van der Waals surface area contributed by atoms with Crippen molar-refractivity contribution in [2.75, 3.05) is 7.11 Å². The molecule has 3 aliphatic carbocycles. The minimum absolute atomic E-state index is 0.0119. The van der Waals surface area contributed by atoms with E-state index in [1.54, 1.807) is 19.2 Å². The number of alkyl halides is 2. The smallest absolute Gasteiger partial charge is 0.331 e. The maximum Gasteiger partial charge on any atom is 0.331 e. The monoisotopic (exact) mass is 398 g/mol. The Balaban J connectivity index is 1.63. The van der Waals surface area contributed by atoms with Crippen LogP contribution in [0.2, 0.25) is 0 Å². The Labute approximate surface area is 171 Å². The van der Waals surface area contributed by atoms with Crippen LogP contribution in [-0.2, 0) is 21.9 Å². The molecule has 29 heavy (non-hydrogen) atoms. The number of hydrogen-bond donors (Lipinski definition) is 0. The number of benzene rings is 1. The van der Waals surface area contributed by atoms with Gasteiger partial charge in [-0.25, -0.2) is 0 Å². The zero-order chi connectivity index (χ0) is 20.6. The minimum atomic E-state index is -3.42. The molecule has 1 fully saturated rings. The first-order valence-corrected chi connectivity index (χ1v) is 10.5. The highest BCUT2D eigenvalue weighted by Gasteiger charge is 2.51. The Kier molecular flexibility index (Phi) is 5.56. The predicted molar refractivity (Wildman–Crippen MR) is 110 cm³/mol. The van der Waals surface area contributed by atoms with E-state index in [4.69, 9.17) is 4.74 Å². The third kappa shape index (κ3) is 4.00. The summed E-state index contributed by atoms with van der Waals surface area (Å²) in [4.78, 5) is 12.9. The summed E-state index contributed by atoms with van der Waals surface area (Å²) in [6.45, 7) is 2.02. The second-order valence-electron chi connectivity index (χ2n) is 8.59. The van der Waals surface area contributed by atoms with Gasteiger partial charge in [0.15, 0.2) is 0 Å². The maximum atomic E-state index is 15.3. The molecule has 0 aliphatic heterocycles. The van der Waals surface area contributed by atoms with Crippen molar-refractivity contribution >= 4 is 5.78 Å². The highest BCUT2D eigenvalue weighted by molar-refractivity contribution is 5.92. The summed E-state index contributed by atoms with van der Waals surface area (Å²) in [7, 11) is 1.65. The van der Waals surface area contributed by atoms with Crippen molar-refractivity contribution in [1.29, 1.82) is 0 Å². The molecule has 4 heteroatoms. The van der Waals surface area contributed by atoms with Crippen LogP contribution in [-0.4, -0.2) is 19.0 Å². The molecule has 1 aromatic rings. The normalized spacial score (nSPS) is 27.0. The molecular formula is C25H28F2O2. The Morgan fingerprint density at radius 1 is 1.28 bits per heavy atom. The predicted octanol–water partition coefficient (Wildman–Crippen LogP) is 5.88. The molecule has 0 saturated heterocycles. The number of fused-ring (bicyclic) bond motifs is 1. The van der Waals surface area contributed by atoms with E-state index in [1.807, 2.05) is 43.4 Å². The number of halogens is 2. The van der Waals surface area contributed by atoms with E-state index in [9.17, 15) is 4.79 Å². The third-order valence-electron chi connectivity index (χ3n) is 6.59. The molecule has 4 rings (SSSR count). The largest absolute Gasteiger partial charge is 0.377 e. The Morgan fingerprint density at radius 3 is 2.79 bits per heavy atom. The molecule has 3 aliphatic rings. The molecule has 0 spiro atoms. The van der Waals surface area contributed by atoms with Gasteiger partial charge in [-0.2, -0.15) is 8.78 Å². The number of ketones is 1. The summed E-state index contributed by atoms with van der Waals surface area (Å²) >= 11 is 0. The number of rotatable bonds is 5. The van der Waals surface area contributed by atoms with Crippen LogP contribution < -0.4 is 0 Å². The number of carbonyl (C=O) groups is 1. The lowest BCUT2D eigenvalue weighted by molar-refractivity contribution is -0.150. The molecule has 3 unspecified atom stereocenters. The molecule has 0 amide bonds. The van der Waals surface area contributed by atoms with Crippen molar-refractivity contribution in [3.8, 4) is 0 Å². The number of hydrogen-bond acceptors (Lipinski definition) is 2. The molecule has 1 saturated carbocycles. The fourth-order valence-corrected chi connectivity index (χ4v) is 4.67. The van der Waals surface area contributed by atoms with Gasteiger partial charge < -0.3 is 4.74 Å². The molecule has 0 aromatic heterocycles. The first-order chi connectivity index (χ1) is 13.9. The lowest BCUT2D eigenvalue weighted by Crippen LogP contribution is -2.40. The van der Waals surface area contributed by atoms with Crippen molar-refractivity contribution in [3.63, 3.8) is 0 Å². The van der Waals surface area contributed by atoms with Crippen LogP contribution in [0.3, 0.4) is 0 Å². The van der Waals surface area contributed by atoms with E-state index in [1.165, 1.54) is 0 Å². The highest BCUT2D eigenvalue weighted by atomic mass is 19.3. The molecule has 3 atom stereocenters. The zero-order valence-electron chi connectivity index (χ0n) is 17.0. The van der Waals surface area contributed by atoms with E-state index >= 15 is 8.78 Å². The lowest BCUT2D eigenvalue weighted by atomic mass is 9.74. The number of methoxy groups -OCH3 is 1. The number of allylic oxidation sites excluding steroid dienone is 4. The van der Waals surface area contributed by atoms with E-state index in [0.29, 0.717) is 29.9 Å². The van der Waals surface area contributed by atoms with Crippen LogP contribution in [0.1, 0.15) is 55.2 Å². The first kappa shape index (κ1) is 20.2. The van der Waals surface area contributed by atoms with Crippen LogP contribution in [0.4, 0.5) is 8.78 Å². The summed E-state index contributed by atoms with van der Waals surface area (Å²) in [6.07, 6.45) is 13.3. The van der Waals surface area contributed by atoms with Gasteiger partial charge in [0.25, 0.3) is 0 Å². The van der Waals surface area contributed by atoms with Gasteiger partial charge in [-0.3, -0.25) is 4.79 Å². The topological polar surface area (TPSA) is 26.3 Å². The molecule has 0 radical (unpaired) electrons. The fraction of sp³-hybridized carbons (Fsp3) is 0.480. The van der Waals surface area contributed by atoms with Crippen molar-refractivity contribution in [1.82, 2.24) is 0 Å². The van der Waals surface area contributed by atoms with Crippen molar-refractivity contribution in [2.45, 2.75) is 57.0 Å². The van der Waals surface area contributed by atoms with Gasteiger partial charge in [0.2, 0.25) is 5.78 Å². The molecule has 0 heterocycles. The van der Waals surface area contributed by atoms with Gasteiger partial charge in [-0.15, -0.1) is 0 Å². The van der Waals surface area contributed by atoms with Crippen LogP contribution >= 0.6 is 0 Å². The lowest BCUT2D eigenvalue weighted by Gasteiger charge is -2.33. The van der Waals surface area contributed by atoms with Crippen molar-refractivity contribution < 1.29 is 18.3 Å². The van der Waals surface area contributed by atoms with Crippen molar-refractivity contribution in [3.05, 3.63) is 70.8 Å². The summed E-state index contributed by atoms with van der Waals surface area (Å²) in [5.74, 6) is -4.53. The van der Waals surface area contributed by atoms with E-state index < -0.39 is 17.6 Å². The second kappa shape index (κ2) is 7.98. The van der Waals surface area contributed by atoms with Gasteiger partial charge in [0, 0.05) is 18.6 Å². The SMILES string of the molecule is COC1C=CC(CC2Cc3cccc(C(C)C4CC4)c3C(F)(F)C2=O)=CC=CC1. The zero-order valence-corrected chi connectivity index (χ0v) is 17.0. The van der Waals surface area contributed by atoms with Crippen LogP contribution in [0.25, 0.3) is 0 Å². The van der Waals surface area contributed by atoms with Gasteiger partial charge in [-0.1, -0.05) is 55.5 Å². The molecule has 2 nitrogen and oxygen atoms in total. The number of carbonyl (C=O) groups excluding carboxylic acids is 1. The standard InChI is InChI=1S/C25H28F2O2/c1-16(18-11-12-18)22-9-5-7-19-15-20(24(28)25(26,27)23(19)22)14-17-6-3-4-8-21(29-2)13-10-17/h3-7,9-10,13,16,18,20-21H,8,11-12,14-15H2,1-2H3. The molecular weight excluding hydrogens is 370 g/mol. The van der Waals surface area contributed by atoms with Crippen molar-refractivity contribution in [2.24, 2.45) is 11.8 Å². The van der Waals surface area contributed by atoms with Crippen LogP contribution in [0, 0.1) is 11.8 Å². The molecule has 154 valence electrons. The van der Waals surface area contributed by atoms with E-state index in [0.717, 1.165) is 24.8 Å². The highest BCUT2D eigenvalue weighted by Crippen LogP contribution is 2.49. The Bertz CT molecular complexity index is 877. The van der Waals surface area contributed by atoms with Gasteiger partial charge >= 0.3 is 5.92 Å². The molecule has 0 bridgehead atoms. The summed E-state index contributed by atoms with van der Waals surface area (Å²) in [5, 5.41) is 0. The quantitative estimate of drug-likeness (QED) is 0.619. The van der Waals surface area contributed by atoms with Gasteiger partial charge in [0.05, 0.1) is 6.10 Å². The van der Waals surface area contributed by atoms with Gasteiger partial charge in [-0.05, 0) is 60.6 Å². The van der Waals surface area contributed by atoms with Crippen LogP contribution in [0.15, 0.2) is 54.2 Å². The van der Waals surface area contributed by atoms with Gasteiger partial charge in [0.1, 0.15) is 0 Å². The molecule has 1 aromatic carbocycles. The average Bonchev–Trinajstić information content (AvgIpc) is 3.52. The summed E-state index contributed by atoms with van der Waals surface area (Å²) < 4.78 is 36.1. The Hall–Kier alpha value is -2.07. The van der Waals surface area contributed by atoms with E-state index in [-0.39, 0.29) is 17.6 Å². The summed E-state index contributed by atoms with van der Waals surface area (Å²) in [6, 6.07) is 5.44. The number of ether oxygens (including phenoxy) is 1. The summed E-state index contributed by atoms with van der Waals surface area (Å²) in [5.41, 5.74) is 2.16. The van der Waals surface area contributed by atoms with E-state index in [2.05, 4.69) is 0 Å². The maximum absolute atomic E-state index is 15.3. The first-order valence-electron chi connectivity index (χ1n) is 10.5. The second-order valence-corrected chi connectivity index (χ2v) is 8.59. The Morgan fingerprint density at radius 2 is 2.07 bits per heavy atom. The van der Waals surface area contributed by atoms with Crippen LogP contribution in [0.5, 0.6) is 0 Å². The average molecular weight is 398 g/mol.